The summed E-state index contributed by atoms with van der Waals surface area (Å²) in [6.07, 6.45) is -2.74. The van der Waals surface area contributed by atoms with Crippen molar-refractivity contribution in [3.8, 4) is 0 Å². The van der Waals surface area contributed by atoms with E-state index in [0.29, 0.717) is 6.54 Å². The Balaban J connectivity index is 1.88. The third-order valence-electron chi connectivity index (χ3n) is 3.76. The summed E-state index contributed by atoms with van der Waals surface area (Å²) < 4.78 is 37.7. The van der Waals surface area contributed by atoms with Crippen LogP contribution in [0.15, 0.2) is 24.3 Å². The summed E-state index contributed by atoms with van der Waals surface area (Å²) in [5, 5.41) is 11.2. The number of carbonyl (C=O) groups is 2. The number of amides is 1. The van der Waals surface area contributed by atoms with Gasteiger partial charge in [0.25, 0.3) is 0 Å². The highest BCUT2D eigenvalue weighted by molar-refractivity contribution is 8.00. The summed E-state index contributed by atoms with van der Waals surface area (Å²) in [6, 6.07) is 5.03. The molecule has 1 saturated carbocycles. The fraction of sp³-hybridized carbons (Fsp3) is 0.467. The lowest BCUT2D eigenvalue weighted by molar-refractivity contribution is -0.137. The maximum Gasteiger partial charge on any atom is 0.416 e. The molecule has 23 heavy (non-hydrogen) atoms. The first-order chi connectivity index (χ1) is 10.7. The lowest BCUT2D eigenvalue weighted by Gasteiger charge is -2.17. The average molecular weight is 347 g/mol. The molecule has 0 saturated heterocycles. The zero-order chi connectivity index (χ0) is 17.1. The van der Waals surface area contributed by atoms with E-state index in [9.17, 15) is 22.8 Å². The van der Waals surface area contributed by atoms with Crippen molar-refractivity contribution in [1.29, 1.82) is 0 Å². The Kier molecular flexibility index (Phi) is 5.23. The maximum atomic E-state index is 12.6. The van der Waals surface area contributed by atoms with Crippen molar-refractivity contribution >= 4 is 23.6 Å². The van der Waals surface area contributed by atoms with Crippen LogP contribution in [0.25, 0.3) is 0 Å². The SMILES string of the molecule is O=C(O)CSCC(=O)NCC1(c2ccc(C(F)(F)F)cc2)CC1. The molecule has 0 aromatic heterocycles. The number of carboxylic acids is 1. The lowest BCUT2D eigenvalue weighted by Crippen LogP contribution is -2.33. The molecule has 0 unspecified atom stereocenters. The fourth-order valence-electron chi connectivity index (χ4n) is 2.28. The van der Waals surface area contributed by atoms with Crippen molar-refractivity contribution < 1.29 is 27.9 Å². The van der Waals surface area contributed by atoms with Crippen molar-refractivity contribution in [2.45, 2.75) is 24.4 Å². The van der Waals surface area contributed by atoms with Gasteiger partial charge in [-0.25, -0.2) is 0 Å². The number of halogens is 3. The molecule has 1 aliphatic carbocycles. The van der Waals surface area contributed by atoms with E-state index in [-0.39, 0.29) is 22.8 Å². The smallest absolute Gasteiger partial charge is 0.416 e. The van der Waals surface area contributed by atoms with Crippen LogP contribution in [0.3, 0.4) is 0 Å². The van der Waals surface area contributed by atoms with Crippen LogP contribution in [-0.2, 0) is 21.2 Å². The summed E-state index contributed by atoms with van der Waals surface area (Å²) >= 11 is 1.00. The van der Waals surface area contributed by atoms with Gasteiger partial charge in [-0.05, 0) is 30.5 Å². The molecule has 1 fully saturated rings. The Labute approximate surface area is 135 Å². The Morgan fingerprint density at radius 3 is 2.26 bits per heavy atom. The largest absolute Gasteiger partial charge is 0.481 e. The second-order valence-corrected chi connectivity index (χ2v) is 6.50. The molecule has 0 aliphatic heterocycles. The van der Waals surface area contributed by atoms with Gasteiger partial charge in [0, 0.05) is 12.0 Å². The molecule has 2 rings (SSSR count). The molecule has 8 heteroatoms. The second kappa shape index (κ2) is 6.82. The monoisotopic (exact) mass is 347 g/mol. The zero-order valence-electron chi connectivity index (χ0n) is 12.2. The summed E-state index contributed by atoms with van der Waals surface area (Å²) in [7, 11) is 0. The van der Waals surface area contributed by atoms with Gasteiger partial charge in [-0.15, -0.1) is 11.8 Å². The van der Waals surface area contributed by atoms with Crippen LogP contribution in [0.1, 0.15) is 24.0 Å². The molecule has 1 aromatic carbocycles. The summed E-state index contributed by atoms with van der Waals surface area (Å²) in [6.45, 7) is 0.352. The van der Waals surface area contributed by atoms with Gasteiger partial charge in [0.05, 0.1) is 17.1 Å². The topological polar surface area (TPSA) is 66.4 Å². The van der Waals surface area contributed by atoms with E-state index < -0.39 is 17.7 Å². The molecular weight excluding hydrogens is 331 g/mol. The number of carbonyl (C=O) groups excluding carboxylic acids is 1. The molecule has 1 aromatic rings. The molecule has 126 valence electrons. The van der Waals surface area contributed by atoms with E-state index in [2.05, 4.69) is 5.32 Å². The number of rotatable bonds is 7. The van der Waals surface area contributed by atoms with Gasteiger partial charge in [0.1, 0.15) is 0 Å². The Hall–Kier alpha value is -1.70. The molecular formula is C15H16F3NO3S. The van der Waals surface area contributed by atoms with Gasteiger partial charge in [-0.1, -0.05) is 12.1 Å². The van der Waals surface area contributed by atoms with Gasteiger partial charge < -0.3 is 10.4 Å². The number of hydrogen-bond acceptors (Lipinski definition) is 3. The van der Waals surface area contributed by atoms with Gasteiger partial charge in [-0.2, -0.15) is 13.2 Å². The first-order valence-corrected chi connectivity index (χ1v) is 8.12. The van der Waals surface area contributed by atoms with Gasteiger partial charge in [0.2, 0.25) is 5.91 Å². The molecule has 2 N–H and O–H groups in total. The number of thioether (sulfide) groups is 1. The molecule has 0 atom stereocenters. The third kappa shape index (κ3) is 4.89. The minimum Gasteiger partial charge on any atom is -0.481 e. The Morgan fingerprint density at radius 2 is 1.78 bits per heavy atom. The predicted octanol–water partition coefficient (Wildman–Crippen LogP) is 2.67. The predicted molar refractivity (Wildman–Crippen MR) is 80.3 cm³/mol. The van der Waals surface area contributed by atoms with Crippen LogP contribution in [0, 0.1) is 0 Å². The first-order valence-electron chi connectivity index (χ1n) is 6.97. The van der Waals surface area contributed by atoms with Crippen LogP contribution in [-0.4, -0.2) is 35.0 Å². The molecule has 0 heterocycles. The number of hydrogen-bond donors (Lipinski definition) is 2. The van der Waals surface area contributed by atoms with Crippen LogP contribution >= 0.6 is 11.8 Å². The van der Waals surface area contributed by atoms with Crippen LogP contribution in [0.4, 0.5) is 13.2 Å². The van der Waals surface area contributed by atoms with Gasteiger partial charge in [0.15, 0.2) is 0 Å². The minimum absolute atomic E-state index is 0.0510. The van der Waals surface area contributed by atoms with E-state index in [0.717, 1.165) is 42.3 Å². The normalized spacial score (nSPS) is 16.0. The van der Waals surface area contributed by atoms with Crippen molar-refractivity contribution in [3.05, 3.63) is 35.4 Å². The van der Waals surface area contributed by atoms with E-state index in [1.165, 1.54) is 12.1 Å². The van der Waals surface area contributed by atoms with Crippen LogP contribution in [0.2, 0.25) is 0 Å². The van der Waals surface area contributed by atoms with E-state index in [1.54, 1.807) is 0 Å². The quantitative estimate of drug-likeness (QED) is 0.796. The molecule has 0 bridgehead atoms. The molecule has 0 spiro atoms. The van der Waals surface area contributed by atoms with E-state index >= 15 is 0 Å². The number of carboxylic acid groups (broad SMARTS) is 1. The van der Waals surface area contributed by atoms with Gasteiger partial charge >= 0.3 is 12.1 Å². The number of nitrogens with one attached hydrogen (secondary N) is 1. The zero-order valence-corrected chi connectivity index (χ0v) is 13.0. The number of aliphatic carboxylic acids is 1. The van der Waals surface area contributed by atoms with Crippen molar-refractivity contribution in [3.63, 3.8) is 0 Å². The lowest BCUT2D eigenvalue weighted by atomic mass is 9.95. The molecule has 1 amide bonds. The Bertz CT molecular complexity index is 583. The fourth-order valence-corrected chi connectivity index (χ4v) is 2.85. The van der Waals surface area contributed by atoms with E-state index in [1.807, 2.05) is 0 Å². The van der Waals surface area contributed by atoms with Crippen LogP contribution in [0.5, 0.6) is 0 Å². The standard InChI is InChI=1S/C15H16F3NO3S/c16-15(17,18)11-3-1-10(2-4-11)14(5-6-14)9-19-12(20)7-23-8-13(21)22/h1-4H,5-9H2,(H,19,20)(H,21,22). The van der Waals surface area contributed by atoms with Crippen molar-refractivity contribution in [2.24, 2.45) is 0 Å². The average Bonchev–Trinajstić information content (AvgIpc) is 3.25. The number of alkyl halides is 3. The van der Waals surface area contributed by atoms with Crippen molar-refractivity contribution in [2.75, 3.05) is 18.1 Å². The molecule has 0 radical (unpaired) electrons. The van der Waals surface area contributed by atoms with Crippen molar-refractivity contribution in [1.82, 2.24) is 5.32 Å². The Morgan fingerprint density at radius 1 is 1.17 bits per heavy atom. The highest BCUT2D eigenvalue weighted by Gasteiger charge is 2.44. The second-order valence-electron chi connectivity index (χ2n) is 5.52. The van der Waals surface area contributed by atoms with Gasteiger partial charge in [-0.3, -0.25) is 9.59 Å². The third-order valence-corrected chi connectivity index (χ3v) is 4.68. The maximum absolute atomic E-state index is 12.6. The van der Waals surface area contributed by atoms with Crippen LogP contribution < -0.4 is 5.32 Å². The molecule has 4 nitrogen and oxygen atoms in total. The summed E-state index contributed by atoms with van der Waals surface area (Å²) in [5.74, 6) is -1.34. The first kappa shape index (κ1) is 17.7. The summed E-state index contributed by atoms with van der Waals surface area (Å²) in [4.78, 5) is 22.0. The minimum atomic E-state index is -4.36. The highest BCUT2D eigenvalue weighted by atomic mass is 32.2. The molecule has 1 aliphatic rings. The van der Waals surface area contributed by atoms with E-state index in [4.69, 9.17) is 5.11 Å². The summed E-state index contributed by atoms with van der Waals surface area (Å²) in [5.41, 5.74) is -0.202. The number of benzene rings is 1. The highest BCUT2D eigenvalue weighted by Crippen LogP contribution is 2.48.